The van der Waals surface area contributed by atoms with Gasteiger partial charge in [0, 0.05) is 12.2 Å². The Labute approximate surface area is 167 Å². The molecule has 1 saturated heterocycles. The summed E-state index contributed by atoms with van der Waals surface area (Å²) in [4.78, 5) is 2.35. The molecule has 0 saturated carbocycles. The normalized spacial score (nSPS) is 19.9. The fraction of sp³-hybridized carbons (Fsp3) is 0.478. The van der Waals surface area contributed by atoms with Crippen LogP contribution in [0.1, 0.15) is 46.1 Å². The lowest BCUT2D eigenvalue weighted by atomic mass is 9.87. The third-order valence-electron chi connectivity index (χ3n) is 6.05. The standard InChI is InChI=1S/C17H19NO.C6H16OSi/c19-14-17(15-8-3-1-4-9-15)12-7-13-18(17)16-10-5-2-6-11-16;1-5(2)6(3,4)7-8/h1-6,8-11,19H,7,12-14H2;5H,1-4,8H3/t17-;/m0./s1. The highest BCUT2D eigenvalue weighted by Gasteiger charge is 2.41. The Bertz CT molecular complexity index is 675. The Morgan fingerprint density at radius 2 is 1.63 bits per heavy atom. The maximum absolute atomic E-state index is 10.1. The molecule has 27 heavy (non-hydrogen) atoms. The van der Waals surface area contributed by atoms with Gasteiger partial charge in [0.25, 0.3) is 0 Å². The lowest BCUT2D eigenvalue weighted by molar-refractivity contribution is 0.0707. The fourth-order valence-electron chi connectivity index (χ4n) is 3.40. The number of para-hydroxylation sites is 1. The van der Waals surface area contributed by atoms with E-state index in [-0.39, 0.29) is 17.7 Å². The number of aliphatic hydroxyl groups excluding tert-OH is 1. The van der Waals surface area contributed by atoms with Gasteiger partial charge in [0.05, 0.1) is 17.7 Å². The number of rotatable bonds is 5. The molecule has 2 aromatic rings. The second-order valence-electron chi connectivity index (χ2n) is 8.11. The number of nitrogens with zero attached hydrogens (tertiary/aromatic N) is 1. The van der Waals surface area contributed by atoms with E-state index in [0.717, 1.165) is 29.9 Å². The van der Waals surface area contributed by atoms with Crippen LogP contribution in [0.3, 0.4) is 0 Å². The molecule has 0 aromatic heterocycles. The molecule has 1 N–H and O–H groups in total. The Morgan fingerprint density at radius 1 is 1.07 bits per heavy atom. The van der Waals surface area contributed by atoms with Gasteiger partial charge in [-0.1, -0.05) is 62.4 Å². The first-order chi connectivity index (χ1) is 12.9. The van der Waals surface area contributed by atoms with Crippen molar-refractivity contribution in [2.24, 2.45) is 5.92 Å². The number of aliphatic hydroxyl groups is 1. The minimum Gasteiger partial charge on any atom is -0.423 e. The number of hydrogen-bond donors (Lipinski definition) is 1. The van der Waals surface area contributed by atoms with E-state index < -0.39 is 0 Å². The second kappa shape index (κ2) is 9.54. The van der Waals surface area contributed by atoms with Crippen molar-refractivity contribution in [2.45, 2.75) is 51.7 Å². The van der Waals surface area contributed by atoms with Crippen LogP contribution in [0, 0.1) is 5.92 Å². The summed E-state index contributed by atoms with van der Waals surface area (Å²) in [6.45, 7) is 9.77. The van der Waals surface area contributed by atoms with Crippen molar-refractivity contribution in [1.82, 2.24) is 0 Å². The van der Waals surface area contributed by atoms with Crippen molar-refractivity contribution in [3.05, 3.63) is 66.2 Å². The molecule has 4 heteroatoms. The van der Waals surface area contributed by atoms with Gasteiger partial charge in [-0.15, -0.1) is 0 Å². The van der Waals surface area contributed by atoms with Crippen LogP contribution >= 0.6 is 0 Å². The van der Waals surface area contributed by atoms with Gasteiger partial charge >= 0.3 is 0 Å². The maximum Gasteiger partial charge on any atom is 0.146 e. The van der Waals surface area contributed by atoms with Gasteiger partial charge in [0.1, 0.15) is 10.5 Å². The molecule has 0 bridgehead atoms. The summed E-state index contributed by atoms with van der Waals surface area (Å²) >= 11 is 0. The van der Waals surface area contributed by atoms with E-state index in [2.05, 4.69) is 69.0 Å². The van der Waals surface area contributed by atoms with E-state index in [1.165, 1.54) is 11.3 Å². The van der Waals surface area contributed by atoms with Crippen LogP contribution in [-0.4, -0.2) is 34.3 Å². The molecule has 3 rings (SSSR count). The van der Waals surface area contributed by atoms with Crippen LogP contribution in [0.2, 0.25) is 0 Å². The molecule has 148 valence electrons. The van der Waals surface area contributed by atoms with Gasteiger partial charge < -0.3 is 14.4 Å². The summed E-state index contributed by atoms with van der Waals surface area (Å²) in [5.74, 6) is 0.625. The van der Waals surface area contributed by atoms with Crippen molar-refractivity contribution in [1.29, 1.82) is 0 Å². The van der Waals surface area contributed by atoms with E-state index in [1.807, 2.05) is 24.3 Å². The van der Waals surface area contributed by atoms with Crippen LogP contribution in [0.4, 0.5) is 5.69 Å². The summed E-state index contributed by atoms with van der Waals surface area (Å²) in [5.41, 5.74) is 2.24. The predicted octanol–water partition coefficient (Wildman–Crippen LogP) is 3.89. The lowest BCUT2D eigenvalue weighted by Crippen LogP contribution is -2.44. The Kier molecular flexibility index (Phi) is 7.65. The van der Waals surface area contributed by atoms with Crippen molar-refractivity contribution in [3.63, 3.8) is 0 Å². The van der Waals surface area contributed by atoms with Crippen molar-refractivity contribution >= 4 is 16.2 Å². The van der Waals surface area contributed by atoms with Gasteiger partial charge in [-0.25, -0.2) is 0 Å². The Balaban J connectivity index is 0.000000279. The second-order valence-corrected chi connectivity index (χ2v) is 8.52. The molecule has 1 atom stereocenters. The molecule has 0 aliphatic carbocycles. The van der Waals surface area contributed by atoms with Crippen LogP contribution in [0.25, 0.3) is 0 Å². The van der Waals surface area contributed by atoms with Crippen LogP contribution in [0.5, 0.6) is 0 Å². The van der Waals surface area contributed by atoms with E-state index in [1.54, 1.807) is 0 Å². The molecule has 1 heterocycles. The summed E-state index contributed by atoms with van der Waals surface area (Å²) in [7, 11) is 0.845. The average molecular weight is 386 g/mol. The van der Waals surface area contributed by atoms with Crippen LogP contribution in [-0.2, 0) is 9.96 Å². The third-order valence-corrected chi connectivity index (χ3v) is 7.10. The van der Waals surface area contributed by atoms with Gasteiger partial charge in [0.2, 0.25) is 0 Å². The quantitative estimate of drug-likeness (QED) is 0.793. The van der Waals surface area contributed by atoms with Gasteiger partial charge in [-0.3, -0.25) is 0 Å². The summed E-state index contributed by atoms with van der Waals surface area (Å²) in [6.07, 6.45) is 2.12. The van der Waals surface area contributed by atoms with Gasteiger partial charge in [-0.2, -0.15) is 0 Å². The molecule has 2 aromatic carbocycles. The predicted molar refractivity (Wildman–Crippen MR) is 118 cm³/mol. The molecule has 0 unspecified atom stereocenters. The average Bonchev–Trinajstić information content (AvgIpc) is 3.15. The number of benzene rings is 2. The van der Waals surface area contributed by atoms with E-state index in [9.17, 15) is 5.11 Å². The monoisotopic (exact) mass is 385 g/mol. The topological polar surface area (TPSA) is 32.7 Å². The molecule has 1 fully saturated rings. The molecular formula is C23H35NO2Si. The Morgan fingerprint density at radius 3 is 2.07 bits per heavy atom. The van der Waals surface area contributed by atoms with Gasteiger partial charge in [0.15, 0.2) is 0 Å². The first-order valence-electron chi connectivity index (χ1n) is 9.91. The molecule has 3 nitrogen and oxygen atoms in total. The smallest absolute Gasteiger partial charge is 0.146 e. The first kappa shape index (κ1) is 21.7. The molecule has 0 amide bonds. The highest BCUT2D eigenvalue weighted by atomic mass is 28.2. The zero-order valence-electron chi connectivity index (χ0n) is 17.5. The SMILES string of the molecule is CC(C)C(C)(C)O[SiH3].OC[C@]1(c2ccccc2)CCCN1c1ccccc1. The number of anilines is 1. The third kappa shape index (κ3) is 5.01. The lowest BCUT2D eigenvalue weighted by Gasteiger charge is -2.39. The highest BCUT2D eigenvalue weighted by Crippen LogP contribution is 2.41. The fourth-order valence-corrected chi connectivity index (χ4v) is 3.87. The molecular weight excluding hydrogens is 350 g/mol. The summed E-state index contributed by atoms with van der Waals surface area (Å²) < 4.78 is 5.34. The van der Waals surface area contributed by atoms with E-state index in [0.29, 0.717) is 5.92 Å². The van der Waals surface area contributed by atoms with Gasteiger partial charge in [-0.05, 0) is 50.3 Å². The first-order valence-corrected chi connectivity index (χ1v) is 10.7. The van der Waals surface area contributed by atoms with Crippen LogP contribution < -0.4 is 4.90 Å². The maximum atomic E-state index is 10.1. The van der Waals surface area contributed by atoms with Crippen molar-refractivity contribution < 1.29 is 9.53 Å². The minimum absolute atomic E-state index is 0.103. The van der Waals surface area contributed by atoms with Crippen molar-refractivity contribution in [2.75, 3.05) is 18.1 Å². The van der Waals surface area contributed by atoms with Crippen LogP contribution in [0.15, 0.2) is 60.7 Å². The highest BCUT2D eigenvalue weighted by molar-refractivity contribution is 5.98. The zero-order chi connectivity index (χ0) is 19.9. The number of hydrogen-bond acceptors (Lipinski definition) is 3. The van der Waals surface area contributed by atoms with Crippen molar-refractivity contribution in [3.8, 4) is 0 Å². The molecule has 1 aliphatic rings. The summed E-state index contributed by atoms with van der Waals surface area (Å²) in [6, 6.07) is 20.8. The molecule has 1 aliphatic heterocycles. The van der Waals surface area contributed by atoms with E-state index in [4.69, 9.17) is 4.43 Å². The summed E-state index contributed by atoms with van der Waals surface area (Å²) in [5, 5.41) is 10.1. The minimum atomic E-state index is -0.261. The molecule has 0 radical (unpaired) electrons. The Hall–Kier alpha value is -1.62. The van der Waals surface area contributed by atoms with E-state index >= 15 is 0 Å². The molecule has 0 spiro atoms. The zero-order valence-corrected chi connectivity index (χ0v) is 19.5. The largest absolute Gasteiger partial charge is 0.423 e.